The van der Waals surface area contributed by atoms with Crippen LogP contribution in [-0.2, 0) is 4.74 Å². The first-order chi connectivity index (χ1) is 6.24. The minimum absolute atomic E-state index is 0.353. The molecule has 1 atom stereocenters. The van der Waals surface area contributed by atoms with Crippen LogP contribution in [0.4, 0.5) is 0 Å². The number of aliphatic hydroxyl groups is 1. The summed E-state index contributed by atoms with van der Waals surface area (Å²) in [5.41, 5.74) is 10.8. The normalized spacial score (nSPS) is 13.6. The Kier molecular flexibility index (Phi) is 8.27. The first kappa shape index (κ1) is 12.8. The fraction of sp³-hybridized carbons (Fsp3) is 1.00. The summed E-state index contributed by atoms with van der Waals surface area (Å²) < 4.78 is 4.82. The van der Waals surface area contributed by atoms with Crippen molar-refractivity contribution in [1.29, 1.82) is 0 Å². The SMILES string of the molecule is COCC(O)CN(CCN)CCN. The van der Waals surface area contributed by atoms with Crippen LogP contribution < -0.4 is 11.5 Å². The number of aliphatic hydroxyl groups excluding tert-OH is 1. The topological polar surface area (TPSA) is 84.7 Å². The van der Waals surface area contributed by atoms with Gasteiger partial charge in [-0.25, -0.2) is 0 Å². The monoisotopic (exact) mass is 191 g/mol. The summed E-state index contributed by atoms with van der Waals surface area (Å²) in [5.74, 6) is 0. The summed E-state index contributed by atoms with van der Waals surface area (Å²) in [6.07, 6.45) is -0.455. The number of nitrogens with zero attached hydrogens (tertiary/aromatic N) is 1. The van der Waals surface area contributed by atoms with Gasteiger partial charge in [0.1, 0.15) is 0 Å². The van der Waals surface area contributed by atoms with E-state index < -0.39 is 6.10 Å². The number of nitrogens with two attached hydrogens (primary N) is 2. The highest BCUT2D eigenvalue weighted by atomic mass is 16.5. The minimum Gasteiger partial charge on any atom is -0.389 e. The zero-order chi connectivity index (χ0) is 10.1. The number of hydrogen-bond acceptors (Lipinski definition) is 5. The summed E-state index contributed by atoms with van der Waals surface area (Å²) in [6, 6.07) is 0. The first-order valence-electron chi connectivity index (χ1n) is 4.54. The van der Waals surface area contributed by atoms with E-state index in [4.69, 9.17) is 16.2 Å². The summed E-state index contributed by atoms with van der Waals surface area (Å²) in [5, 5.41) is 9.42. The van der Waals surface area contributed by atoms with Crippen LogP contribution >= 0.6 is 0 Å². The van der Waals surface area contributed by atoms with Crippen LogP contribution in [0.3, 0.4) is 0 Å². The first-order valence-corrected chi connectivity index (χ1v) is 4.54. The van der Waals surface area contributed by atoms with E-state index in [0.29, 0.717) is 26.2 Å². The molecule has 0 heterocycles. The van der Waals surface area contributed by atoms with Crippen molar-refractivity contribution in [2.75, 3.05) is 46.4 Å². The van der Waals surface area contributed by atoms with Gasteiger partial charge in [-0.15, -0.1) is 0 Å². The van der Waals surface area contributed by atoms with Gasteiger partial charge in [0.15, 0.2) is 0 Å². The molecule has 13 heavy (non-hydrogen) atoms. The highest BCUT2D eigenvalue weighted by Gasteiger charge is 2.09. The molecule has 80 valence electrons. The van der Waals surface area contributed by atoms with Crippen LogP contribution in [0.2, 0.25) is 0 Å². The van der Waals surface area contributed by atoms with Crippen LogP contribution in [0.25, 0.3) is 0 Å². The average molecular weight is 191 g/mol. The van der Waals surface area contributed by atoms with Crippen LogP contribution in [-0.4, -0.2) is 62.6 Å². The molecule has 0 saturated heterocycles. The van der Waals surface area contributed by atoms with Gasteiger partial charge >= 0.3 is 0 Å². The second kappa shape index (κ2) is 8.40. The Morgan fingerprint density at radius 2 is 1.85 bits per heavy atom. The van der Waals surface area contributed by atoms with Gasteiger partial charge in [-0.2, -0.15) is 0 Å². The van der Waals surface area contributed by atoms with Crippen molar-refractivity contribution in [2.24, 2.45) is 11.5 Å². The number of methoxy groups -OCH3 is 1. The molecule has 0 aliphatic heterocycles. The minimum atomic E-state index is -0.455. The smallest absolute Gasteiger partial charge is 0.0900 e. The molecule has 0 rings (SSSR count). The van der Waals surface area contributed by atoms with E-state index in [0.717, 1.165) is 13.1 Å². The van der Waals surface area contributed by atoms with Gasteiger partial charge in [0.2, 0.25) is 0 Å². The van der Waals surface area contributed by atoms with Gasteiger partial charge < -0.3 is 21.3 Å². The van der Waals surface area contributed by atoms with E-state index in [1.54, 1.807) is 7.11 Å². The summed E-state index contributed by atoms with van der Waals surface area (Å²) in [6.45, 7) is 3.61. The molecule has 0 aromatic rings. The van der Waals surface area contributed by atoms with E-state index in [1.165, 1.54) is 0 Å². The molecule has 5 N–H and O–H groups in total. The van der Waals surface area contributed by atoms with Crippen LogP contribution in [0.15, 0.2) is 0 Å². The standard InChI is InChI=1S/C8H21N3O2/c1-13-7-8(12)6-11(4-2-9)5-3-10/h8,12H,2-7,9-10H2,1H3. The van der Waals surface area contributed by atoms with Crippen molar-refractivity contribution in [3.8, 4) is 0 Å². The predicted molar refractivity (Wildman–Crippen MR) is 52.4 cm³/mol. The highest BCUT2D eigenvalue weighted by molar-refractivity contribution is 4.64. The van der Waals surface area contributed by atoms with Gasteiger partial charge in [0.05, 0.1) is 12.7 Å². The zero-order valence-corrected chi connectivity index (χ0v) is 8.28. The number of rotatable bonds is 8. The molecule has 0 aliphatic carbocycles. The third kappa shape index (κ3) is 6.92. The number of ether oxygens (including phenoxy) is 1. The van der Waals surface area contributed by atoms with Crippen molar-refractivity contribution in [1.82, 2.24) is 4.90 Å². The lowest BCUT2D eigenvalue weighted by atomic mass is 10.3. The highest BCUT2D eigenvalue weighted by Crippen LogP contribution is 1.91. The quantitative estimate of drug-likeness (QED) is 0.422. The van der Waals surface area contributed by atoms with Crippen LogP contribution in [0.5, 0.6) is 0 Å². The predicted octanol–water partition coefficient (Wildman–Crippen LogP) is -1.79. The molecule has 0 fully saturated rings. The van der Waals surface area contributed by atoms with Crippen molar-refractivity contribution in [3.05, 3.63) is 0 Å². The average Bonchev–Trinajstić information content (AvgIpc) is 2.05. The van der Waals surface area contributed by atoms with Crippen molar-refractivity contribution < 1.29 is 9.84 Å². The van der Waals surface area contributed by atoms with Gasteiger partial charge in [-0.3, -0.25) is 4.90 Å². The Labute approximate surface area is 79.6 Å². The zero-order valence-electron chi connectivity index (χ0n) is 8.28. The summed E-state index contributed by atoms with van der Waals surface area (Å²) in [7, 11) is 1.57. The Morgan fingerprint density at radius 1 is 1.31 bits per heavy atom. The van der Waals surface area contributed by atoms with Crippen molar-refractivity contribution in [3.63, 3.8) is 0 Å². The maximum Gasteiger partial charge on any atom is 0.0900 e. The Balaban J connectivity index is 3.64. The lowest BCUT2D eigenvalue weighted by Gasteiger charge is -2.23. The molecule has 0 aliphatic rings. The Bertz CT molecular complexity index is 108. The molecular weight excluding hydrogens is 170 g/mol. The molecule has 5 heteroatoms. The second-order valence-corrected chi connectivity index (χ2v) is 2.99. The van der Waals surface area contributed by atoms with E-state index in [-0.39, 0.29) is 0 Å². The third-order valence-corrected chi connectivity index (χ3v) is 1.72. The fourth-order valence-electron chi connectivity index (χ4n) is 1.20. The van der Waals surface area contributed by atoms with Gasteiger partial charge in [-0.1, -0.05) is 0 Å². The van der Waals surface area contributed by atoms with Crippen molar-refractivity contribution in [2.45, 2.75) is 6.10 Å². The third-order valence-electron chi connectivity index (χ3n) is 1.72. The molecule has 0 radical (unpaired) electrons. The van der Waals surface area contributed by atoms with Gasteiger partial charge in [0, 0.05) is 39.8 Å². The molecule has 0 saturated carbocycles. The van der Waals surface area contributed by atoms with E-state index >= 15 is 0 Å². The fourth-order valence-corrected chi connectivity index (χ4v) is 1.20. The molecule has 0 spiro atoms. The van der Waals surface area contributed by atoms with Crippen LogP contribution in [0, 0.1) is 0 Å². The van der Waals surface area contributed by atoms with E-state index in [2.05, 4.69) is 0 Å². The van der Waals surface area contributed by atoms with E-state index in [9.17, 15) is 5.11 Å². The lowest BCUT2D eigenvalue weighted by Crippen LogP contribution is -2.40. The lowest BCUT2D eigenvalue weighted by molar-refractivity contribution is 0.0390. The summed E-state index contributed by atoms with van der Waals surface area (Å²) in [4.78, 5) is 2.03. The Hall–Kier alpha value is -0.200. The van der Waals surface area contributed by atoms with Gasteiger partial charge in [-0.05, 0) is 0 Å². The summed E-state index contributed by atoms with van der Waals surface area (Å²) >= 11 is 0. The maximum atomic E-state index is 9.42. The number of hydrogen-bond donors (Lipinski definition) is 3. The molecule has 0 aromatic carbocycles. The van der Waals surface area contributed by atoms with Crippen LogP contribution in [0.1, 0.15) is 0 Å². The molecule has 0 amide bonds. The molecule has 0 bridgehead atoms. The van der Waals surface area contributed by atoms with Gasteiger partial charge in [0.25, 0.3) is 0 Å². The maximum absolute atomic E-state index is 9.42. The molecular formula is C8H21N3O2. The Morgan fingerprint density at radius 3 is 2.23 bits per heavy atom. The molecule has 5 nitrogen and oxygen atoms in total. The molecule has 1 unspecified atom stereocenters. The van der Waals surface area contributed by atoms with Crippen molar-refractivity contribution >= 4 is 0 Å². The molecule has 0 aromatic heterocycles. The van der Waals surface area contributed by atoms with E-state index in [1.807, 2.05) is 4.90 Å². The second-order valence-electron chi connectivity index (χ2n) is 2.99. The largest absolute Gasteiger partial charge is 0.389 e.